The van der Waals surface area contributed by atoms with Gasteiger partial charge < -0.3 is 24.8 Å². The van der Waals surface area contributed by atoms with Crippen molar-refractivity contribution in [3.8, 4) is 0 Å². The van der Waals surface area contributed by atoms with Crippen molar-refractivity contribution in [1.29, 1.82) is 0 Å². The van der Waals surface area contributed by atoms with Crippen molar-refractivity contribution in [2.24, 2.45) is 5.41 Å². The summed E-state index contributed by atoms with van der Waals surface area (Å²) >= 11 is 0. The van der Waals surface area contributed by atoms with E-state index in [1.807, 2.05) is 0 Å². The Balaban J connectivity index is 0. The fourth-order valence-electron chi connectivity index (χ4n) is 4.03. The molecule has 31 heavy (non-hydrogen) atoms. The van der Waals surface area contributed by atoms with E-state index in [0.717, 1.165) is 11.3 Å². The van der Waals surface area contributed by atoms with E-state index in [0.29, 0.717) is 0 Å². The third kappa shape index (κ3) is 8.08. The van der Waals surface area contributed by atoms with Crippen LogP contribution in [0.1, 0.15) is 75.2 Å². The molecule has 170 valence electrons. The topological polar surface area (TPSA) is 0 Å². The summed E-state index contributed by atoms with van der Waals surface area (Å²) in [5.74, 6) is 0. The van der Waals surface area contributed by atoms with Gasteiger partial charge in [0.05, 0.1) is 0 Å². The van der Waals surface area contributed by atoms with E-state index in [1.54, 1.807) is 5.30 Å². The zero-order valence-electron chi connectivity index (χ0n) is 20.7. The molecule has 4 heteroatoms. The maximum absolute atomic E-state index is 3.44. The molecule has 0 saturated heterocycles. The molecule has 0 radical (unpaired) electrons. The standard InChI is InChI=1S/C17H24P.C10H15.2ClH.Ti/c1-5-13(3)18(14(4)6-2)17-11-15-9-7-8-10-16(15)12-17;1-7-6-10(4,5)9(3)8(7)2;;;/h7-14H,5-6H2,1-4H3;1-5H3;2*1H;/q2*-1;;;+4/p-2. The molecule has 0 N–H and O–H groups in total. The number of hydrogen-bond acceptors (Lipinski definition) is 0. The summed E-state index contributed by atoms with van der Waals surface area (Å²) < 4.78 is 0. The van der Waals surface area contributed by atoms with Crippen LogP contribution in [0.15, 0.2) is 53.1 Å². The third-order valence-corrected chi connectivity index (χ3v) is 10.1. The Morgan fingerprint density at radius 3 is 1.84 bits per heavy atom. The second kappa shape index (κ2) is 14.3. The number of fused-ring (bicyclic) bond motifs is 1. The average Bonchev–Trinajstić information content (AvgIpc) is 3.16. The number of allylic oxidation sites excluding steroid dienone is 4. The zero-order valence-corrected chi connectivity index (χ0v) is 24.7. The summed E-state index contributed by atoms with van der Waals surface area (Å²) in [6.45, 7) is 20.4. The molecular weight excluding hydrogens is 474 g/mol. The number of halogens is 2. The maximum Gasteiger partial charge on any atom is 4.00 e. The van der Waals surface area contributed by atoms with Gasteiger partial charge in [0.1, 0.15) is 0 Å². The summed E-state index contributed by atoms with van der Waals surface area (Å²) in [4.78, 5) is 0. The Labute approximate surface area is 220 Å². The minimum absolute atomic E-state index is 0. The molecule has 1 aliphatic carbocycles. The van der Waals surface area contributed by atoms with Crippen molar-refractivity contribution in [3.63, 3.8) is 0 Å². The van der Waals surface area contributed by atoms with E-state index >= 15 is 0 Å². The quantitative estimate of drug-likeness (QED) is 0.328. The zero-order chi connectivity index (χ0) is 21.1. The summed E-state index contributed by atoms with van der Waals surface area (Å²) in [7, 11) is -0.0252. The molecule has 0 nitrogen and oxygen atoms in total. The van der Waals surface area contributed by atoms with Gasteiger partial charge in [0.25, 0.3) is 0 Å². The predicted octanol–water partition coefficient (Wildman–Crippen LogP) is 2.38. The van der Waals surface area contributed by atoms with Crippen LogP contribution < -0.4 is 30.1 Å². The second-order valence-electron chi connectivity index (χ2n) is 8.89. The van der Waals surface area contributed by atoms with Crippen LogP contribution in [-0.2, 0) is 21.7 Å². The normalized spacial score (nSPS) is 17.3. The SMILES string of the molecule is CC1=[C-]C(C)(C)C(C)=C1C.CCC(C)P(c1cc2ccccc2[cH-]1)C(C)CC.[Cl-].[Cl-].[Ti+4]. The summed E-state index contributed by atoms with van der Waals surface area (Å²) in [5.41, 5.74) is 6.05. The monoisotopic (exact) mass is 512 g/mol. The molecular formula is C27H39Cl2PTi. The second-order valence-corrected chi connectivity index (χ2v) is 12.0. The Morgan fingerprint density at radius 2 is 1.48 bits per heavy atom. The van der Waals surface area contributed by atoms with Crippen molar-refractivity contribution >= 4 is 24.0 Å². The molecule has 0 amide bonds. The van der Waals surface area contributed by atoms with Crippen LogP contribution in [-0.4, -0.2) is 11.3 Å². The predicted molar refractivity (Wildman–Crippen MR) is 130 cm³/mol. The molecule has 2 unspecified atom stereocenters. The van der Waals surface area contributed by atoms with Gasteiger partial charge in [0.15, 0.2) is 0 Å². The maximum atomic E-state index is 3.44. The molecule has 0 heterocycles. The molecule has 0 spiro atoms. The van der Waals surface area contributed by atoms with E-state index < -0.39 is 0 Å². The molecule has 1 aliphatic rings. The first kappa shape index (κ1) is 33.2. The Hall–Kier alpha value is 0.0343. The molecule has 2 atom stereocenters. The van der Waals surface area contributed by atoms with Crippen molar-refractivity contribution in [2.45, 2.75) is 86.5 Å². The van der Waals surface area contributed by atoms with E-state index in [-0.39, 0.29) is 59.9 Å². The van der Waals surface area contributed by atoms with Gasteiger partial charge in [0, 0.05) is 0 Å². The van der Waals surface area contributed by atoms with Crippen LogP contribution in [0.2, 0.25) is 0 Å². The third-order valence-electron chi connectivity index (χ3n) is 6.59. The van der Waals surface area contributed by atoms with Crippen molar-refractivity contribution in [3.05, 3.63) is 59.2 Å². The van der Waals surface area contributed by atoms with Gasteiger partial charge >= 0.3 is 21.7 Å². The minimum Gasteiger partial charge on any atom is -1.00 e. The molecule has 0 fully saturated rings. The van der Waals surface area contributed by atoms with Gasteiger partial charge in [-0.15, -0.1) is 47.3 Å². The number of rotatable bonds is 5. The molecule has 2 aromatic rings. The molecule has 0 aliphatic heterocycles. The number of hydrogen-bond donors (Lipinski definition) is 0. The van der Waals surface area contributed by atoms with Crippen LogP contribution >= 0.6 is 7.92 Å². The minimum atomic E-state index is -0.0252. The van der Waals surface area contributed by atoms with Crippen LogP contribution in [0.4, 0.5) is 0 Å². The van der Waals surface area contributed by atoms with E-state index in [1.165, 1.54) is 40.3 Å². The van der Waals surface area contributed by atoms with Crippen LogP contribution in [0, 0.1) is 11.5 Å². The van der Waals surface area contributed by atoms with Crippen molar-refractivity contribution < 1.29 is 46.5 Å². The largest absolute Gasteiger partial charge is 4.00 e. The van der Waals surface area contributed by atoms with Gasteiger partial charge in [-0.2, -0.15) is 17.2 Å². The first-order valence-corrected chi connectivity index (χ1v) is 12.3. The molecule has 2 aromatic carbocycles. The van der Waals surface area contributed by atoms with Crippen LogP contribution in [0.5, 0.6) is 0 Å². The molecule has 3 rings (SSSR count). The van der Waals surface area contributed by atoms with Crippen molar-refractivity contribution in [1.82, 2.24) is 0 Å². The summed E-state index contributed by atoms with van der Waals surface area (Å²) in [6.07, 6.45) is 6.01. The Bertz CT molecular complexity index is 820. The summed E-state index contributed by atoms with van der Waals surface area (Å²) in [6, 6.07) is 13.6. The van der Waals surface area contributed by atoms with Crippen LogP contribution in [0.3, 0.4) is 0 Å². The molecule has 0 bridgehead atoms. The van der Waals surface area contributed by atoms with Crippen molar-refractivity contribution in [2.75, 3.05) is 0 Å². The van der Waals surface area contributed by atoms with Gasteiger partial charge in [-0.1, -0.05) is 74.8 Å². The van der Waals surface area contributed by atoms with Gasteiger partial charge in [-0.25, -0.2) is 5.57 Å². The fourth-order valence-corrected chi connectivity index (χ4v) is 7.28. The summed E-state index contributed by atoms with van der Waals surface area (Å²) in [5, 5.41) is 4.42. The van der Waals surface area contributed by atoms with Gasteiger partial charge in [0.2, 0.25) is 0 Å². The first-order valence-electron chi connectivity index (χ1n) is 10.9. The number of benzene rings is 1. The molecule has 0 aromatic heterocycles. The fraction of sp³-hybridized carbons (Fsp3) is 0.519. The van der Waals surface area contributed by atoms with E-state index in [2.05, 4.69) is 105 Å². The average molecular weight is 513 g/mol. The van der Waals surface area contributed by atoms with Gasteiger partial charge in [-0.05, 0) is 24.2 Å². The first-order chi connectivity index (χ1) is 13.1. The van der Waals surface area contributed by atoms with Gasteiger partial charge in [-0.3, -0.25) is 6.08 Å². The Morgan fingerprint density at radius 1 is 0.968 bits per heavy atom. The molecule has 0 saturated carbocycles. The Kier molecular flexibility index (Phi) is 15.4. The van der Waals surface area contributed by atoms with E-state index in [4.69, 9.17) is 0 Å². The smallest absolute Gasteiger partial charge is 1.00 e. The van der Waals surface area contributed by atoms with E-state index in [9.17, 15) is 0 Å². The van der Waals surface area contributed by atoms with Crippen LogP contribution in [0.25, 0.3) is 10.8 Å².